The second-order valence-corrected chi connectivity index (χ2v) is 6.10. The fourth-order valence-corrected chi connectivity index (χ4v) is 2.97. The molecule has 0 bridgehead atoms. The Bertz CT molecular complexity index is 529. The monoisotopic (exact) mass is 459 g/mol. The molecule has 3 N–H and O–H groups in total. The summed E-state index contributed by atoms with van der Waals surface area (Å²) in [5.74, 6) is -0.532. The van der Waals surface area contributed by atoms with Crippen LogP contribution in [0.15, 0.2) is 11.2 Å². The Labute approximate surface area is 157 Å². The van der Waals surface area contributed by atoms with Crippen molar-refractivity contribution >= 4 is 29.9 Å². The van der Waals surface area contributed by atoms with Crippen LogP contribution in [-0.4, -0.2) is 35.9 Å². The fourth-order valence-electron chi connectivity index (χ4n) is 2.97. The number of aliphatic imine (C=N–C) groups is 1. The standard InChI is InChI=1S/C15H24F3N5.HI/c1-10-12(9-22-23-10)8-21-14(19-2)20-7-11-4-3-5-13(6-11)15(16,17)18;/h9,11,13H,3-8H2,1-2H3,(H,22,23)(H2,19,20,21);1H. The van der Waals surface area contributed by atoms with Gasteiger partial charge in [0.15, 0.2) is 5.96 Å². The molecule has 2 unspecified atom stereocenters. The number of guanidine groups is 1. The van der Waals surface area contributed by atoms with Crippen LogP contribution in [0.25, 0.3) is 0 Å². The highest BCUT2D eigenvalue weighted by Gasteiger charge is 2.41. The smallest absolute Gasteiger partial charge is 0.356 e. The average molecular weight is 459 g/mol. The predicted octanol–water partition coefficient (Wildman–Crippen LogP) is 3.37. The van der Waals surface area contributed by atoms with E-state index in [2.05, 4.69) is 25.8 Å². The molecular formula is C15H25F3IN5. The number of H-pyrrole nitrogens is 1. The Kier molecular flexibility index (Phi) is 8.31. The molecule has 138 valence electrons. The van der Waals surface area contributed by atoms with Crippen LogP contribution in [0.4, 0.5) is 13.2 Å². The molecule has 5 nitrogen and oxygen atoms in total. The van der Waals surface area contributed by atoms with E-state index < -0.39 is 12.1 Å². The van der Waals surface area contributed by atoms with Crippen LogP contribution >= 0.6 is 24.0 Å². The Hall–Kier alpha value is -1.00. The van der Waals surface area contributed by atoms with Gasteiger partial charge >= 0.3 is 6.18 Å². The molecule has 1 fully saturated rings. The van der Waals surface area contributed by atoms with Gasteiger partial charge in [-0.1, -0.05) is 6.42 Å². The van der Waals surface area contributed by atoms with E-state index in [-0.39, 0.29) is 42.7 Å². The second kappa shape index (κ2) is 9.47. The van der Waals surface area contributed by atoms with Crippen molar-refractivity contribution in [2.75, 3.05) is 13.6 Å². The minimum absolute atomic E-state index is 0. The Morgan fingerprint density at radius 1 is 1.38 bits per heavy atom. The molecule has 1 heterocycles. The highest BCUT2D eigenvalue weighted by atomic mass is 127. The minimum atomic E-state index is -4.07. The molecular weight excluding hydrogens is 434 g/mol. The van der Waals surface area contributed by atoms with Gasteiger partial charge < -0.3 is 10.6 Å². The summed E-state index contributed by atoms with van der Waals surface area (Å²) in [6.45, 7) is 3.01. The quantitative estimate of drug-likeness (QED) is 0.368. The van der Waals surface area contributed by atoms with Crippen molar-refractivity contribution in [2.24, 2.45) is 16.8 Å². The first kappa shape index (κ1) is 21.0. The first-order chi connectivity index (χ1) is 10.9. The average Bonchev–Trinajstić information content (AvgIpc) is 2.92. The van der Waals surface area contributed by atoms with E-state index in [4.69, 9.17) is 0 Å². The fraction of sp³-hybridized carbons (Fsp3) is 0.733. The SMILES string of the molecule is CN=C(NCc1cn[nH]c1C)NCC1CCCC(C(F)(F)F)C1.I. The molecule has 0 saturated heterocycles. The summed E-state index contributed by atoms with van der Waals surface area (Å²) in [4.78, 5) is 4.11. The van der Waals surface area contributed by atoms with E-state index >= 15 is 0 Å². The van der Waals surface area contributed by atoms with E-state index in [1.807, 2.05) is 6.92 Å². The molecule has 1 aromatic rings. The Balaban J connectivity index is 0.00000288. The Morgan fingerprint density at radius 3 is 2.71 bits per heavy atom. The van der Waals surface area contributed by atoms with Crippen LogP contribution in [0.2, 0.25) is 0 Å². The highest BCUT2D eigenvalue weighted by molar-refractivity contribution is 14.0. The van der Waals surface area contributed by atoms with Crippen LogP contribution in [0.3, 0.4) is 0 Å². The van der Waals surface area contributed by atoms with Gasteiger partial charge in [-0.2, -0.15) is 18.3 Å². The third-order valence-corrected chi connectivity index (χ3v) is 4.41. The van der Waals surface area contributed by atoms with Crippen molar-refractivity contribution in [3.05, 3.63) is 17.5 Å². The van der Waals surface area contributed by atoms with Crippen molar-refractivity contribution in [1.29, 1.82) is 0 Å². The van der Waals surface area contributed by atoms with Crippen molar-refractivity contribution in [3.63, 3.8) is 0 Å². The zero-order chi connectivity index (χ0) is 16.9. The summed E-state index contributed by atoms with van der Waals surface area (Å²) in [6, 6.07) is 0. The molecule has 0 spiro atoms. The zero-order valence-corrected chi connectivity index (χ0v) is 16.2. The number of nitrogens with one attached hydrogen (secondary N) is 3. The summed E-state index contributed by atoms with van der Waals surface area (Å²) in [5.41, 5.74) is 2.01. The van der Waals surface area contributed by atoms with Gasteiger partial charge in [0.25, 0.3) is 0 Å². The molecule has 2 atom stereocenters. The lowest BCUT2D eigenvalue weighted by Crippen LogP contribution is -2.41. The van der Waals surface area contributed by atoms with Gasteiger partial charge in [0.05, 0.1) is 12.1 Å². The zero-order valence-electron chi connectivity index (χ0n) is 13.9. The number of hydrogen-bond donors (Lipinski definition) is 3. The predicted molar refractivity (Wildman–Crippen MR) is 98.4 cm³/mol. The largest absolute Gasteiger partial charge is 0.391 e. The molecule has 24 heavy (non-hydrogen) atoms. The van der Waals surface area contributed by atoms with E-state index in [0.717, 1.165) is 17.7 Å². The molecule has 1 aliphatic carbocycles. The van der Waals surface area contributed by atoms with Gasteiger partial charge in [0.2, 0.25) is 0 Å². The summed E-state index contributed by atoms with van der Waals surface area (Å²) in [6.07, 6.45) is -0.405. The van der Waals surface area contributed by atoms with Gasteiger partial charge in [-0.25, -0.2) is 0 Å². The van der Waals surface area contributed by atoms with Crippen LogP contribution < -0.4 is 10.6 Å². The lowest BCUT2D eigenvalue weighted by atomic mass is 9.81. The molecule has 1 saturated carbocycles. The lowest BCUT2D eigenvalue weighted by Gasteiger charge is -2.30. The molecule has 0 radical (unpaired) electrons. The number of halogens is 4. The summed E-state index contributed by atoms with van der Waals surface area (Å²) in [5, 5.41) is 13.1. The van der Waals surface area contributed by atoms with Crippen molar-refractivity contribution in [2.45, 2.75) is 45.3 Å². The summed E-state index contributed by atoms with van der Waals surface area (Å²) < 4.78 is 38.5. The molecule has 2 rings (SSSR count). The van der Waals surface area contributed by atoms with E-state index in [0.29, 0.717) is 25.5 Å². The number of aryl methyl sites for hydroxylation is 1. The minimum Gasteiger partial charge on any atom is -0.356 e. The first-order valence-corrected chi connectivity index (χ1v) is 7.90. The second-order valence-electron chi connectivity index (χ2n) is 6.10. The number of nitrogens with zero attached hydrogens (tertiary/aromatic N) is 2. The number of aromatic nitrogens is 2. The van der Waals surface area contributed by atoms with E-state index in [9.17, 15) is 13.2 Å². The van der Waals surface area contributed by atoms with Gasteiger partial charge in [0, 0.05) is 31.4 Å². The van der Waals surface area contributed by atoms with Gasteiger partial charge in [-0.15, -0.1) is 24.0 Å². The van der Waals surface area contributed by atoms with Crippen molar-refractivity contribution in [1.82, 2.24) is 20.8 Å². The number of aromatic amines is 1. The van der Waals surface area contributed by atoms with Crippen LogP contribution in [0, 0.1) is 18.8 Å². The summed E-state index contributed by atoms with van der Waals surface area (Å²) in [7, 11) is 1.65. The molecule has 0 amide bonds. The normalized spacial score (nSPS) is 22.0. The van der Waals surface area contributed by atoms with Crippen molar-refractivity contribution in [3.8, 4) is 0 Å². The van der Waals surface area contributed by atoms with Crippen LogP contribution in [0.1, 0.15) is 36.9 Å². The van der Waals surface area contributed by atoms with Crippen molar-refractivity contribution < 1.29 is 13.2 Å². The third kappa shape index (κ3) is 6.14. The van der Waals surface area contributed by atoms with E-state index in [1.54, 1.807) is 13.2 Å². The van der Waals surface area contributed by atoms with Gasteiger partial charge in [0.1, 0.15) is 0 Å². The third-order valence-electron chi connectivity index (χ3n) is 4.41. The highest BCUT2D eigenvalue weighted by Crippen LogP contribution is 2.39. The van der Waals surface area contributed by atoms with Gasteiger partial charge in [-0.3, -0.25) is 10.1 Å². The maximum absolute atomic E-state index is 12.8. The number of alkyl halides is 3. The topological polar surface area (TPSA) is 65.1 Å². The summed E-state index contributed by atoms with van der Waals surface area (Å²) >= 11 is 0. The van der Waals surface area contributed by atoms with Crippen LogP contribution in [0.5, 0.6) is 0 Å². The van der Waals surface area contributed by atoms with Crippen LogP contribution in [-0.2, 0) is 6.54 Å². The van der Waals surface area contributed by atoms with E-state index in [1.165, 1.54) is 0 Å². The maximum Gasteiger partial charge on any atom is 0.391 e. The number of rotatable bonds is 4. The lowest BCUT2D eigenvalue weighted by molar-refractivity contribution is -0.185. The molecule has 9 heteroatoms. The Morgan fingerprint density at radius 2 is 2.12 bits per heavy atom. The first-order valence-electron chi connectivity index (χ1n) is 7.90. The molecule has 0 aliphatic heterocycles. The molecule has 1 aromatic heterocycles. The maximum atomic E-state index is 12.8. The molecule has 1 aliphatic rings. The molecule has 0 aromatic carbocycles. The van der Waals surface area contributed by atoms with Gasteiger partial charge in [-0.05, 0) is 32.1 Å². The number of hydrogen-bond acceptors (Lipinski definition) is 2.